The summed E-state index contributed by atoms with van der Waals surface area (Å²) in [6, 6.07) is 11.2. The molecule has 130 valence electrons. The first-order chi connectivity index (χ1) is 12.3. The van der Waals surface area contributed by atoms with Crippen LogP contribution in [-0.2, 0) is 4.79 Å². The van der Waals surface area contributed by atoms with E-state index in [0.29, 0.717) is 11.1 Å². The Morgan fingerprint density at radius 1 is 1.12 bits per heavy atom. The summed E-state index contributed by atoms with van der Waals surface area (Å²) in [4.78, 5) is 32.8. The number of nitro benzene ring substituents is 2. The number of amides is 1. The summed E-state index contributed by atoms with van der Waals surface area (Å²) in [5, 5.41) is 33.2. The zero-order valence-electron chi connectivity index (χ0n) is 13.5. The highest BCUT2D eigenvalue weighted by Crippen LogP contribution is 2.26. The van der Waals surface area contributed by atoms with Crippen LogP contribution in [0.2, 0.25) is 0 Å². The van der Waals surface area contributed by atoms with E-state index in [0.717, 1.165) is 0 Å². The molecule has 9 heteroatoms. The zero-order chi connectivity index (χ0) is 19.3. The Kier molecular flexibility index (Phi) is 5.40. The fourth-order valence-corrected chi connectivity index (χ4v) is 2.10. The summed E-state index contributed by atoms with van der Waals surface area (Å²) in [5.74, 6) is -0.821. The molecule has 0 fully saturated rings. The highest BCUT2D eigenvalue weighted by molar-refractivity contribution is 6.10. The molecule has 0 atom stereocenters. The molecule has 1 N–H and O–H groups in total. The molecule has 0 bridgehead atoms. The molecule has 0 saturated heterocycles. The van der Waals surface area contributed by atoms with E-state index in [-0.39, 0.29) is 22.6 Å². The topological polar surface area (TPSA) is 139 Å². The van der Waals surface area contributed by atoms with Gasteiger partial charge in [0.2, 0.25) is 0 Å². The summed E-state index contributed by atoms with van der Waals surface area (Å²) < 4.78 is 0. The number of nitriles is 1. The molecule has 1 amide bonds. The van der Waals surface area contributed by atoms with Crippen molar-refractivity contribution in [3.63, 3.8) is 0 Å². The Morgan fingerprint density at radius 3 is 2.31 bits per heavy atom. The van der Waals surface area contributed by atoms with E-state index in [9.17, 15) is 30.3 Å². The molecule has 0 aromatic heterocycles. The van der Waals surface area contributed by atoms with E-state index in [1.807, 2.05) is 0 Å². The fraction of sp³-hybridized carbons (Fsp3) is 0.0588. The van der Waals surface area contributed by atoms with Gasteiger partial charge in [-0.15, -0.1) is 0 Å². The number of hydrogen-bond acceptors (Lipinski definition) is 6. The second-order valence-corrected chi connectivity index (χ2v) is 5.25. The SMILES string of the molecule is Cc1ccc(NC(=O)/C(C#N)=C/c2ccc([N+](=O)[O-])cc2)c([N+](=O)[O-])c1. The minimum atomic E-state index is -0.821. The summed E-state index contributed by atoms with van der Waals surface area (Å²) in [6.07, 6.45) is 1.24. The first-order valence-corrected chi connectivity index (χ1v) is 7.24. The first-order valence-electron chi connectivity index (χ1n) is 7.24. The van der Waals surface area contributed by atoms with Crippen molar-refractivity contribution in [2.75, 3.05) is 5.32 Å². The molecule has 0 spiro atoms. The number of nitrogens with one attached hydrogen (secondary N) is 1. The van der Waals surface area contributed by atoms with Crippen LogP contribution in [0.4, 0.5) is 17.1 Å². The van der Waals surface area contributed by atoms with Crippen LogP contribution in [0.5, 0.6) is 0 Å². The van der Waals surface area contributed by atoms with Crippen molar-refractivity contribution in [3.8, 4) is 6.07 Å². The van der Waals surface area contributed by atoms with Crippen LogP contribution in [0.3, 0.4) is 0 Å². The van der Waals surface area contributed by atoms with Gasteiger partial charge in [0.1, 0.15) is 17.3 Å². The van der Waals surface area contributed by atoms with E-state index >= 15 is 0 Å². The molecule has 9 nitrogen and oxygen atoms in total. The van der Waals surface area contributed by atoms with Crippen molar-refractivity contribution in [2.24, 2.45) is 0 Å². The van der Waals surface area contributed by atoms with Gasteiger partial charge in [0.05, 0.1) is 9.85 Å². The summed E-state index contributed by atoms with van der Waals surface area (Å²) in [5.41, 5.74) is 0.313. The van der Waals surface area contributed by atoms with Gasteiger partial charge in [0.25, 0.3) is 17.3 Å². The van der Waals surface area contributed by atoms with Gasteiger partial charge < -0.3 is 5.32 Å². The highest BCUT2D eigenvalue weighted by Gasteiger charge is 2.18. The van der Waals surface area contributed by atoms with Crippen molar-refractivity contribution in [1.29, 1.82) is 5.26 Å². The molecule has 0 saturated carbocycles. The highest BCUT2D eigenvalue weighted by atomic mass is 16.6. The molecule has 2 rings (SSSR count). The van der Waals surface area contributed by atoms with Crippen molar-refractivity contribution in [2.45, 2.75) is 6.92 Å². The minimum absolute atomic E-state index is 0.0320. The van der Waals surface area contributed by atoms with Crippen LogP contribution >= 0.6 is 0 Å². The Morgan fingerprint density at radius 2 is 1.77 bits per heavy atom. The molecule has 0 aliphatic heterocycles. The number of anilines is 1. The van der Waals surface area contributed by atoms with Crippen molar-refractivity contribution >= 4 is 29.0 Å². The lowest BCUT2D eigenvalue weighted by Gasteiger charge is -2.06. The maximum absolute atomic E-state index is 12.3. The van der Waals surface area contributed by atoms with Gasteiger partial charge in [-0.05, 0) is 42.3 Å². The smallest absolute Gasteiger partial charge is 0.293 e. The van der Waals surface area contributed by atoms with Crippen molar-refractivity contribution in [3.05, 3.63) is 79.4 Å². The van der Waals surface area contributed by atoms with Gasteiger partial charge in [-0.25, -0.2) is 0 Å². The van der Waals surface area contributed by atoms with E-state index in [2.05, 4.69) is 5.32 Å². The normalized spacial score (nSPS) is 10.7. The monoisotopic (exact) mass is 352 g/mol. The average Bonchev–Trinajstić information content (AvgIpc) is 2.61. The van der Waals surface area contributed by atoms with Gasteiger partial charge >= 0.3 is 0 Å². The summed E-state index contributed by atoms with van der Waals surface area (Å²) >= 11 is 0. The molecule has 2 aromatic carbocycles. The zero-order valence-corrected chi connectivity index (χ0v) is 13.5. The quantitative estimate of drug-likeness (QED) is 0.379. The van der Waals surface area contributed by atoms with Gasteiger partial charge in [-0.1, -0.05) is 6.07 Å². The number of nitrogens with zero attached hydrogens (tertiary/aromatic N) is 3. The molecule has 0 unspecified atom stereocenters. The standard InChI is InChI=1S/C17H12N4O5/c1-11-2-7-15(16(8-11)21(25)26)19-17(22)13(10-18)9-12-3-5-14(6-4-12)20(23)24/h2-9H,1H3,(H,19,22)/b13-9+. The molecular weight excluding hydrogens is 340 g/mol. The molecule has 0 aliphatic rings. The van der Waals surface area contributed by atoms with Gasteiger partial charge in [-0.3, -0.25) is 25.0 Å². The average molecular weight is 352 g/mol. The third-order valence-electron chi connectivity index (χ3n) is 3.38. The van der Waals surface area contributed by atoms with Crippen LogP contribution in [0.15, 0.2) is 48.0 Å². The third-order valence-corrected chi connectivity index (χ3v) is 3.38. The van der Waals surface area contributed by atoms with Gasteiger partial charge in [0, 0.05) is 18.2 Å². The second kappa shape index (κ2) is 7.67. The Bertz CT molecular complexity index is 958. The Hall–Kier alpha value is -4.06. The van der Waals surface area contributed by atoms with E-state index in [4.69, 9.17) is 0 Å². The number of hydrogen-bond donors (Lipinski definition) is 1. The van der Waals surface area contributed by atoms with Crippen LogP contribution < -0.4 is 5.32 Å². The predicted molar refractivity (Wildman–Crippen MR) is 93.1 cm³/mol. The van der Waals surface area contributed by atoms with Crippen molar-refractivity contribution in [1.82, 2.24) is 0 Å². The summed E-state index contributed by atoms with van der Waals surface area (Å²) in [7, 11) is 0. The Labute approximate surface area is 147 Å². The van der Waals surface area contributed by atoms with Crippen LogP contribution in [-0.4, -0.2) is 15.8 Å². The third kappa shape index (κ3) is 4.27. The van der Waals surface area contributed by atoms with E-state index in [1.54, 1.807) is 19.1 Å². The number of carbonyl (C=O) groups is 1. The van der Waals surface area contributed by atoms with Crippen LogP contribution in [0.1, 0.15) is 11.1 Å². The largest absolute Gasteiger partial charge is 0.316 e. The number of rotatable bonds is 5. The molecule has 0 aliphatic carbocycles. The number of benzene rings is 2. The second-order valence-electron chi connectivity index (χ2n) is 5.25. The molecule has 0 radical (unpaired) electrons. The lowest BCUT2D eigenvalue weighted by atomic mass is 10.1. The van der Waals surface area contributed by atoms with Gasteiger partial charge in [0.15, 0.2) is 0 Å². The number of non-ortho nitro benzene ring substituents is 1. The van der Waals surface area contributed by atoms with Crippen LogP contribution in [0.25, 0.3) is 6.08 Å². The molecule has 2 aromatic rings. The fourth-order valence-electron chi connectivity index (χ4n) is 2.10. The minimum Gasteiger partial charge on any atom is -0.316 e. The lowest BCUT2D eigenvalue weighted by molar-refractivity contribution is -0.384. The molecule has 26 heavy (non-hydrogen) atoms. The van der Waals surface area contributed by atoms with Gasteiger partial charge in [-0.2, -0.15) is 5.26 Å². The molecular formula is C17H12N4O5. The molecule has 0 heterocycles. The maximum atomic E-state index is 12.3. The van der Waals surface area contributed by atoms with Crippen LogP contribution in [0, 0.1) is 38.5 Å². The lowest BCUT2D eigenvalue weighted by Crippen LogP contribution is -2.14. The van der Waals surface area contributed by atoms with E-state index < -0.39 is 15.8 Å². The maximum Gasteiger partial charge on any atom is 0.293 e. The first kappa shape index (κ1) is 18.3. The van der Waals surface area contributed by atoms with Crippen molar-refractivity contribution < 1.29 is 14.6 Å². The number of aryl methyl sites for hydroxylation is 1. The summed E-state index contributed by atoms with van der Waals surface area (Å²) in [6.45, 7) is 1.67. The number of carbonyl (C=O) groups excluding carboxylic acids is 1. The Balaban J connectivity index is 2.28. The number of nitro groups is 2. The predicted octanol–water partition coefficient (Wildman–Crippen LogP) is 3.36. The van der Waals surface area contributed by atoms with E-state index in [1.165, 1.54) is 42.5 Å².